The molecule has 164 valence electrons. The third-order valence-corrected chi connectivity index (χ3v) is 4.75. The summed E-state index contributed by atoms with van der Waals surface area (Å²) in [6.07, 6.45) is 0.00626. The van der Waals surface area contributed by atoms with Crippen LogP contribution >= 0.6 is 11.6 Å². The van der Waals surface area contributed by atoms with Crippen LogP contribution in [0.2, 0.25) is 5.02 Å². The summed E-state index contributed by atoms with van der Waals surface area (Å²) in [5.74, 6) is -1.12. The fraction of sp³-hybridized carbons (Fsp3) is 0.125. The molecule has 0 aliphatic rings. The van der Waals surface area contributed by atoms with Gasteiger partial charge in [-0.25, -0.2) is 0 Å². The van der Waals surface area contributed by atoms with E-state index in [0.29, 0.717) is 16.4 Å². The van der Waals surface area contributed by atoms with Gasteiger partial charge in [0, 0.05) is 29.4 Å². The first-order chi connectivity index (χ1) is 15.4. The fourth-order valence-electron chi connectivity index (χ4n) is 2.97. The summed E-state index contributed by atoms with van der Waals surface area (Å²) in [6, 6.07) is 22.4. The SMILES string of the molecule is NC(=O)CCN(C(=O)COc1ccc(Cl)cc1C(=O)Nc1ccccc1)c1ccccc1. The second-order valence-corrected chi connectivity index (χ2v) is 7.28. The Balaban J connectivity index is 1.75. The second kappa shape index (κ2) is 11.0. The smallest absolute Gasteiger partial charge is 0.264 e. The number of carbonyl (C=O) groups excluding carboxylic acids is 3. The molecule has 7 nitrogen and oxygen atoms in total. The Labute approximate surface area is 190 Å². The van der Waals surface area contributed by atoms with Crippen LogP contribution in [0.3, 0.4) is 0 Å². The maximum atomic E-state index is 12.9. The van der Waals surface area contributed by atoms with Crippen LogP contribution in [0, 0.1) is 0 Å². The number of ether oxygens (including phenoxy) is 1. The summed E-state index contributed by atoms with van der Waals surface area (Å²) in [5, 5.41) is 3.13. The quantitative estimate of drug-likeness (QED) is 0.515. The number of nitrogens with zero attached hydrogens (tertiary/aromatic N) is 1. The van der Waals surface area contributed by atoms with Crippen molar-refractivity contribution in [3.05, 3.63) is 89.4 Å². The van der Waals surface area contributed by atoms with Gasteiger partial charge in [-0.15, -0.1) is 0 Å². The molecule has 0 saturated heterocycles. The van der Waals surface area contributed by atoms with Crippen LogP contribution in [-0.4, -0.2) is 30.9 Å². The molecule has 0 unspecified atom stereocenters. The summed E-state index contributed by atoms with van der Waals surface area (Å²) in [6.45, 7) is -0.232. The Kier molecular flexibility index (Phi) is 7.83. The van der Waals surface area contributed by atoms with Crippen molar-refractivity contribution in [3.63, 3.8) is 0 Å². The van der Waals surface area contributed by atoms with Crippen molar-refractivity contribution >= 4 is 40.7 Å². The Morgan fingerprint density at radius 1 is 0.938 bits per heavy atom. The van der Waals surface area contributed by atoms with E-state index in [0.717, 1.165) is 0 Å². The highest BCUT2D eigenvalue weighted by Gasteiger charge is 2.19. The van der Waals surface area contributed by atoms with E-state index in [4.69, 9.17) is 22.1 Å². The number of para-hydroxylation sites is 2. The van der Waals surface area contributed by atoms with Gasteiger partial charge in [0.05, 0.1) is 5.56 Å². The lowest BCUT2D eigenvalue weighted by molar-refractivity contribution is -0.120. The molecular formula is C24H22ClN3O4. The third-order valence-electron chi connectivity index (χ3n) is 4.52. The summed E-state index contributed by atoms with van der Waals surface area (Å²) in [7, 11) is 0. The Bertz CT molecular complexity index is 1090. The Morgan fingerprint density at radius 2 is 1.59 bits per heavy atom. The molecule has 32 heavy (non-hydrogen) atoms. The molecule has 3 rings (SSSR count). The average molecular weight is 452 g/mol. The number of nitrogens with one attached hydrogen (secondary N) is 1. The lowest BCUT2D eigenvalue weighted by atomic mass is 10.1. The number of benzene rings is 3. The second-order valence-electron chi connectivity index (χ2n) is 6.85. The highest BCUT2D eigenvalue weighted by molar-refractivity contribution is 6.31. The molecule has 3 aromatic rings. The van der Waals surface area contributed by atoms with Gasteiger partial charge in [0.1, 0.15) is 5.75 Å². The van der Waals surface area contributed by atoms with Crippen LogP contribution in [0.15, 0.2) is 78.9 Å². The van der Waals surface area contributed by atoms with E-state index < -0.39 is 11.8 Å². The number of amides is 3. The molecule has 0 heterocycles. The predicted octanol–water partition coefficient (Wildman–Crippen LogP) is 3.88. The zero-order valence-corrected chi connectivity index (χ0v) is 17.9. The molecule has 8 heteroatoms. The number of nitrogens with two attached hydrogens (primary N) is 1. The third kappa shape index (κ3) is 6.33. The van der Waals surface area contributed by atoms with Crippen molar-refractivity contribution in [3.8, 4) is 5.75 Å². The molecule has 0 saturated carbocycles. The van der Waals surface area contributed by atoms with E-state index in [9.17, 15) is 14.4 Å². The first-order valence-electron chi connectivity index (χ1n) is 9.86. The fourth-order valence-corrected chi connectivity index (χ4v) is 3.14. The number of carbonyl (C=O) groups is 3. The molecule has 3 N–H and O–H groups in total. The molecule has 0 aromatic heterocycles. The minimum Gasteiger partial charge on any atom is -0.483 e. The summed E-state index contributed by atoms with van der Waals surface area (Å²) in [5.41, 5.74) is 6.67. The average Bonchev–Trinajstić information content (AvgIpc) is 2.79. The van der Waals surface area contributed by atoms with Crippen LogP contribution < -0.4 is 20.7 Å². The van der Waals surface area contributed by atoms with Gasteiger partial charge in [0.2, 0.25) is 5.91 Å². The van der Waals surface area contributed by atoms with Crippen molar-refractivity contribution in [2.75, 3.05) is 23.4 Å². The summed E-state index contributed by atoms with van der Waals surface area (Å²) < 4.78 is 5.70. The normalized spacial score (nSPS) is 10.3. The first-order valence-corrected chi connectivity index (χ1v) is 10.2. The van der Waals surface area contributed by atoms with Crippen molar-refractivity contribution in [2.24, 2.45) is 5.73 Å². The van der Waals surface area contributed by atoms with E-state index in [2.05, 4.69) is 5.32 Å². The zero-order chi connectivity index (χ0) is 22.9. The van der Waals surface area contributed by atoms with E-state index in [1.807, 2.05) is 12.1 Å². The molecular weight excluding hydrogens is 430 g/mol. The Morgan fingerprint density at radius 3 is 2.25 bits per heavy atom. The topological polar surface area (TPSA) is 102 Å². The van der Waals surface area contributed by atoms with Gasteiger partial charge in [-0.3, -0.25) is 14.4 Å². The molecule has 0 aliphatic carbocycles. The van der Waals surface area contributed by atoms with Gasteiger partial charge < -0.3 is 20.7 Å². The van der Waals surface area contributed by atoms with E-state index in [-0.39, 0.29) is 36.8 Å². The minimum atomic E-state index is -0.516. The summed E-state index contributed by atoms with van der Waals surface area (Å²) >= 11 is 6.07. The monoisotopic (exact) mass is 451 g/mol. The largest absolute Gasteiger partial charge is 0.483 e. The van der Waals surface area contributed by atoms with Crippen LogP contribution in [0.25, 0.3) is 0 Å². The van der Waals surface area contributed by atoms with Gasteiger partial charge in [0.25, 0.3) is 11.8 Å². The Hall–Kier alpha value is -3.84. The molecule has 3 amide bonds. The van der Waals surface area contributed by atoms with Crippen LogP contribution in [0.4, 0.5) is 11.4 Å². The lowest BCUT2D eigenvalue weighted by Crippen LogP contribution is -2.37. The van der Waals surface area contributed by atoms with Crippen LogP contribution in [0.1, 0.15) is 16.8 Å². The van der Waals surface area contributed by atoms with Gasteiger partial charge in [-0.05, 0) is 42.5 Å². The van der Waals surface area contributed by atoms with Crippen LogP contribution in [-0.2, 0) is 9.59 Å². The van der Waals surface area contributed by atoms with E-state index in [1.54, 1.807) is 54.6 Å². The number of primary amides is 1. The number of hydrogen-bond donors (Lipinski definition) is 2. The highest BCUT2D eigenvalue weighted by atomic mass is 35.5. The number of rotatable bonds is 9. The standard InChI is InChI=1S/C24H22ClN3O4/c25-17-11-12-21(20(15-17)24(31)27-18-7-3-1-4-8-18)32-16-23(30)28(14-13-22(26)29)19-9-5-2-6-10-19/h1-12,15H,13-14,16H2,(H2,26,29)(H,27,31). The van der Waals surface area contributed by atoms with Gasteiger partial charge in [0.15, 0.2) is 6.61 Å². The molecule has 3 aromatic carbocycles. The predicted molar refractivity (Wildman–Crippen MR) is 124 cm³/mol. The summed E-state index contributed by atoms with van der Waals surface area (Å²) in [4.78, 5) is 38.3. The van der Waals surface area contributed by atoms with E-state index in [1.165, 1.54) is 17.0 Å². The maximum absolute atomic E-state index is 12.9. The first kappa shape index (κ1) is 22.8. The van der Waals surface area contributed by atoms with Crippen molar-refractivity contribution in [1.29, 1.82) is 0 Å². The van der Waals surface area contributed by atoms with Crippen molar-refractivity contribution in [1.82, 2.24) is 0 Å². The zero-order valence-electron chi connectivity index (χ0n) is 17.2. The molecule has 0 fully saturated rings. The van der Waals surface area contributed by atoms with Gasteiger partial charge >= 0.3 is 0 Å². The highest BCUT2D eigenvalue weighted by Crippen LogP contribution is 2.25. The molecule has 0 bridgehead atoms. The van der Waals surface area contributed by atoms with Gasteiger partial charge in [-0.2, -0.15) is 0 Å². The number of anilines is 2. The minimum absolute atomic E-state index is 0.00626. The van der Waals surface area contributed by atoms with Crippen molar-refractivity contribution < 1.29 is 19.1 Å². The van der Waals surface area contributed by atoms with E-state index >= 15 is 0 Å². The van der Waals surface area contributed by atoms with Crippen LogP contribution in [0.5, 0.6) is 5.75 Å². The van der Waals surface area contributed by atoms with Crippen molar-refractivity contribution in [2.45, 2.75) is 6.42 Å². The maximum Gasteiger partial charge on any atom is 0.264 e. The molecule has 0 aliphatic heterocycles. The molecule has 0 spiro atoms. The number of halogens is 1. The molecule has 0 atom stereocenters. The molecule has 0 radical (unpaired) electrons. The van der Waals surface area contributed by atoms with Gasteiger partial charge in [-0.1, -0.05) is 48.0 Å². The lowest BCUT2D eigenvalue weighted by Gasteiger charge is -2.22. The number of hydrogen-bond acceptors (Lipinski definition) is 4.